The molecule has 1 heterocycles. The van der Waals surface area contributed by atoms with E-state index in [2.05, 4.69) is 11.4 Å². The van der Waals surface area contributed by atoms with Gasteiger partial charge in [-0.25, -0.2) is 0 Å². The summed E-state index contributed by atoms with van der Waals surface area (Å²) in [6, 6.07) is 0. The molecule has 0 spiro atoms. The lowest BCUT2D eigenvalue weighted by Crippen LogP contribution is -2.14. The van der Waals surface area contributed by atoms with Crippen LogP contribution in [0.5, 0.6) is 0 Å². The third-order valence-electron chi connectivity index (χ3n) is 0.985. The van der Waals surface area contributed by atoms with E-state index in [-0.39, 0.29) is 0 Å². The molecule has 0 aliphatic carbocycles. The van der Waals surface area contributed by atoms with Gasteiger partial charge in [0, 0.05) is 7.11 Å². The fraction of sp³-hybridized carbons (Fsp3) is 0.333. The number of hydrogen-bond acceptors (Lipinski definition) is 1. The van der Waals surface area contributed by atoms with Crippen molar-refractivity contribution >= 4 is 25.3 Å². The minimum absolute atomic E-state index is 0.620. The van der Waals surface area contributed by atoms with Crippen LogP contribution in [0.1, 0.15) is 0 Å². The first-order valence-corrected chi connectivity index (χ1v) is 9.45. The average molecular weight is 144 g/mol. The Hall–Kier alpha value is 0.351. The molecule has 1 aliphatic heterocycles. The molecular formula is C3H8OSi3. The molecule has 1 unspecified atom stereocenters. The summed E-state index contributed by atoms with van der Waals surface area (Å²) >= 11 is 0. The smallest absolute Gasteiger partial charge is 0.196 e. The minimum atomic E-state index is -0.620. The van der Waals surface area contributed by atoms with Gasteiger partial charge in [0.1, 0.15) is 0 Å². The zero-order chi connectivity index (χ0) is 5.11. The molecule has 0 aromatic rings. The fourth-order valence-electron chi connectivity index (χ4n) is 0.569. The third kappa shape index (κ3) is 1.37. The summed E-state index contributed by atoms with van der Waals surface area (Å²) in [5, 5.41) is 0. The highest BCUT2D eigenvalue weighted by Gasteiger charge is 2.00. The Morgan fingerprint density at radius 3 is 2.86 bits per heavy atom. The normalized spacial score (nSPS) is 26.7. The van der Waals surface area contributed by atoms with Crippen LogP contribution in [0, 0.1) is 0 Å². The SMILES string of the molecule is CO[SiH]1C=C[SiH]=[SiH]1. The molecule has 1 aliphatic rings. The van der Waals surface area contributed by atoms with Crippen LogP contribution in [0.3, 0.4) is 0 Å². The highest BCUT2D eigenvalue weighted by atomic mass is 29.4. The highest BCUT2D eigenvalue weighted by Crippen LogP contribution is 1.83. The van der Waals surface area contributed by atoms with Crippen molar-refractivity contribution < 1.29 is 4.43 Å². The van der Waals surface area contributed by atoms with Crippen molar-refractivity contribution in [2.45, 2.75) is 0 Å². The Labute approximate surface area is 48.9 Å². The summed E-state index contributed by atoms with van der Waals surface area (Å²) in [5.41, 5.74) is 4.67. The molecule has 0 amide bonds. The standard InChI is InChI=1S/C3H8OSi3/c1-4-7-3-2-5-6-7/h2-3,5-7H,1H3. The number of rotatable bonds is 1. The van der Waals surface area contributed by atoms with Gasteiger partial charge in [-0.3, -0.25) is 0 Å². The highest BCUT2D eigenvalue weighted by molar-refractivity contribution is 7.22. The van der Waals surface area contributed by atoms with Crippen molar-refractivity contribution in [3.8, 4) is 0 Å². The first-order chi connectivity index (χ1) is 3.43. The molecule has 0 saturated carbocycles. The first-order valence-electron chi connectivity index (χ1n) is 2.31. The van der Waals surface area contributed by atoms with E-state index in [9.17, 15) is 0 Å². The van der Waals surface area contributed by atoms with Gasteiger partial charge in [-0.2, -0.15) is 0 Å². The van der Waals surface area contributed by atoms with Gasteiger partial charge in [-0.15, -0.1) is 0 Å². The van der Waals surface area contributed by atoms with E-state index in [1.807, 2.05) is 7.11 Å². The van der Waals surface area contributed by atoms with Crippen LogP contribution in [0.15, 0.2) is 11.4 Å². The van der Waals surface area contributed by atoms with Gasteiger partial charge in [0.05, 0.1) is 0 Å². The van der Waals surface area contributed by atoms with Crippen LogP contribution in [0.2, 0.25) is 0 Å². The molecule has 0 aromatic heterocycles. The topological polar surface area (TPSA) is 9.23 Å². The van der Waals surface area contributed by atoms with Crippen molar-refractivity contribution in [2.75, 3.05) is 7.11 Å². The van der Waals surface area contributed by atoms with Crippen LogP contribution in [0.25, 0.3) is 0 Å². The van der Waals surface area contributed by atoms with Gasteiger partial charge in [-0.05, 0) is 16.7 Å². The molecule has 0 saturated heterocycles. The molecule has 0 bridgehead atoms. The number of hydrogen-bond donors (Lipinski definition) is 0. The van der Waals surface area contributed by atoms with Crippen molar-refractivity contribution in [3.63, 3.8) is 0 Å². The molecule has 0 aromatic carbocycles. The first kappa shape index (κ1) is 5.49. The molecule has 7 heavy (non-hydrogen) atoms. The Bertz CT molecular complexity index is 96.7. The van der Waals surface area contributed by atoms with Crippen molar-refractivity contribution in [1.29, 1.82) is 0 Å². The third-order valence-corrected chi connectivity index (χ3v) is 13.0. The van der Waals surface area contributed by atoms with E-state index in [1.165, 1.54) is 0 Å². The lowest BCUT2D eigenvalue weighted by atomic mass is 11.2. The minimum Gasteiger partial charge on any atom is -0.420 e. The largest absolute Gasteiger partial charge is 0.420 e. The van der Waals surface area contributed by atoms with Crippen molar-refractivity contribution in [3.05, 3.63) is 11.4 Å². The van der Waals surface area contributed by atoms with Gasteiger partial charge in [0.15, 0.2) is 8.56 Å². The molecule has 1 nitrogen and oxygen atoms in total. The quantitative estimate of drug-likeness (QED) is 0.416. The second-order valence-corrected chi connectivity index (χ2v) is 12.2. The van der Waals surface area contributed by atoms with Gasteiger partial charge >= 0.3 is 0 Å². The second kappa shape index (κ2) is 2.61. The Morgan fingerprint density at radius 1 is 1.71 bits per heavy atom. The second-order valence-electron chi connectivity index (χ2n) is 1.47. The van der Waals surface area contributed by atoms with E-state index in [0.29, 0.717) is 0 Å². The van der Waals surface area contributed by atoms with E-state index in [1.54, 1.807) is 0 Å². The van der Waals surface area contributed by atoms with Gasteiger partial charge in [0.25, 0.3) is 0 Å². The Morgan fingerprint density at radius 2 is 2.57 bits per heavy atom. The van der Waals surface area contributed by atoms with Crippen LogP contribution in [-0.2, 0) is 4.43 Å². The molecule has 1 atom stereocenters. The Balaban J connectivity index is 2.44. The Kier molecular flexibility index (Phi) is 2.04. The van der Waals surface area contributed by atoms with Crippen molar-refractivity contribution in [1.82, 2.24) is 0 Å². The van der Waals surface area contributed by atoms with Gasteiger partial charge in [-0.1, -0.05) is 11.4 Å². The molecule has 38 valence electrons. The molecule has 4 heteroatoms. The van der Waals surface area contributed by atoms with E-state index >= 15 is 0 Å². The van der Waals surface area contributed by atoms with Gasteiger partial charge in [0.2, 0.25) is 0 Å². The van der Waals surface area contributed by atoms with Crippen LogP contribution in [-0.4, -0.2) is 32.4 Å². The van der Waals surface area contributed by atoms with Crippen LogP contribution in [0.4, 0.5) is 0 Å². The van der Waals surface area contributed by atoms with Crippen molar-refractivity contribution in [2.24, 2.45) is 0 Å². The molecule has 0 radical (unpaired) electrons. The molecule has 0 N–H and O–H groups in total. The van der Waals surface area contributed by atoms with E-state index in [4.69, 9.17) is 4.43 Å². The summed E-state index contributed by atoms with van der Waals surface area (Å²) < 4.78 is 5.22. The zero-order valence-corrected chi connectivity index (χ0v) is 7.76. The summed E-state index contributed by atoms with van der Waals surface area (Å²) in [4.78, 5) is 0. The summed E-state index contributed by atoms with van der Waals surface area (Å²) in [7, 11) is 2.72. The summed E-state index contributed by atoms with van der Waals surface area (Å²) in [6.45, 7) is 0. The molecule has 1 rings (SSSR count). The summed E-state index contributed by atoms with van der Waals surface area (Å²) in [6.07, 6.45) is 0. The predicted octanol–water partition coefficient (Wildman–Crippen LogP) is -1.29. The molecular weight excluding hydrogens is 136 g/mol. The van der Waals surface area contributed by atoms with E-state index in [0.717, 1.165) is 16.7 Å². The lowest BCUT2D eigenvalue weighted by Gasteiger charge is -1.94. The maximum atomic E-state index is 5.22. The predicted molar refractivity (Wildman–Crippen MR) is 37.6 cm³/mol. The average Bonchev–Trinajstić information content (AvgIpc) is 2.14. The summed E-state index contributed by atoms with van der Waals surface area (Å²) in [5.74, 6) is 0. The zero-order valence-electron chi connectivity index (χ0n) is 4.29. The van der Waals surface area contributed by atoms with Crippen LogP contribution >= 0.6 is 0 Å². The lowest BCUT2D eigenvalue weighted by molar-refractivity contribution is 0.443. The maximum absolute atomic E-state index is 5.22. The van der Waals surface area contributed by atoms with Crippen LogP contribution < -0.4 is 0 Å². The van der Waals surface area contributed by atoms with E-state index < -0.39 is 8.56 Å². The van der Waals surface area contributed by atoms with Gasteiger partial charge < -0.3 is 4.43 Å². The maximum Gasteiger partial charge on any atom is 0.196 e. The monoisotopic (exact) mass is 144 g/mol. The molecule has 0 fully saturated rings. The fourth-order valence-corrected chi connectivity index (χ4v) is 12.7.